The van der Waals surface area contributed by atoms with Crippen molar-refractivity contribution in [3.63, 3.8) is 0 Å². The van der Waals surface area contributed by atoms with Crippen LogP contribution in [0.15, 0.2) is 36.4 Å². The number of sulfonamides is 1. The fourth-order valence-corrected chi connectivity index (χ4v) is 4.23. The average Bonchev–Trinajstić information content (AvgIpc) is 3.10. The molecule has 8 heteroatoms. The summed E-state index contributed by atoms with van der Waals surface area (Å²) < 4.78 is 28.1. The predicted octanol–water partition coefficient (Wildman–Crippen LogP) is 1.17. The van der Waals surface area contributed by atoms with E-state index in [0.29, 0.717) is 26.1 Å². The lowest BCUT2D eigenvalue weighted by molar-refractivity contribution is -0.131. The molecule has 2 aromatic carbocycles. The average molecular weight is 391 g/mol. The molecule has 1 fully saturated rings. The van der Waals surface area contributed by atoms with Crippen molar-refractivity contribution in [2.24, 2.45) is 5.14 Å². The first-order valence-electron chi connectivity index (χ1n) is 8.81. The summed E-state index contributed by atoms with van der Waals surface area (Å²) in [4.78, 5) is 16.0. The van der Waals surface area contributed by atoms with Gasteiger partial charge in [0, 0.05) is 26.7 Å². The minimum absolute atomic E-state index is 0.0418. The van der Waals surface area contributed by atoms with Crippen LogP contribution < -0.4 is 9.88 Å². The van der Waals surface area contributed by atoms with Crippen molar-refractivity contribution in [2.75, 3.05) is 33.8 Å². The molecule has 1 aliphatic rings. The van der Waals surface area contributed by atoms with Gasteiger partial charge in [0.15, 0.2) is 0 Å². The highest BCUT2D eigenvalue weighted by molar-refractivity contribution is 7.89. The van der Waals surface area contributed by atoms with E-state index in [1.165, 1.54) is 0 Å². The number of likely N-dealkylation sites (N-methyl/N-ethyl adjacent to an activating group) is 1. The zero-order chi connectivity index (χ0) is 19.6. The Bertz CT molecular complexity index is 945. The van der Waals surface area contributed by atoms with Crippen LogP contribution in [0.4, 0.5) is 0 Å². The van der Waals surface area contributed by atoms with E-state index in [-0.39, 0.29) is 12.5 Å². The van der Waals surface area contributed by atoms with Gasteiger partial charge in [-0.3, -0.25) is 9.69 Å². The number of carbonyl (C=O) groups is 1. The van der Waals surface area contributed by atoms with Crippen molar-refractivity contribution in [1.82, 2.24) is 9.80 Å². The van der Waals surface area contributed by atoms with E-state index in [2.05, 4.69) is 6.07 Å². The molecule has 2 aromatic rings. The van der Waals surface area contributed by atoms with E-state index in [1.807, 2.05) is 35.2 Å². The van der Waals surface area contributed by atoms with Crippen LogP contribution in [0.3, 0.4) is 0 Å². The van der Waals surface area contributed by atoms with E-state index in [1.54, 1.807) is 19.1 Å². The summed E-state index contributed by atoms with van der Waals surface area (Å²) in [5.74, 6) is 0.769. The van der Waals surface area contributed by atoms with Crippen LogP contribution in [0.25, 0.3) is 10.8 Å². The maximum absolute atomic E-state index is 12.5. The fraction of sp³-hybridized carbons (Fsp3) is 0.421. The van der Waals surface area contributed by atoms with Crippen LogP contribution in [-0.2, 0) is 21.4 Å². The standard InChI is InChI=1S/C19H25N3O4S/c1-21(19(23)13-22-8-7-18(12-22)27(20,24)25)11-14-3-4-16-10-17(26-2)6-5-15(16)9-14/h3-6,9-10,18H,7-8,11-13H2,1-2H3,(H2,20,24,25)/t18-/m0/s1. The molecule has 146 valence electrons. The zero-order valence-corrected chi connectivity index (χ0v) is 16.4. The number of fused-ring (bicyclic) bond motifs is 1. The number of primary sulfonamides is 1. The summed E-state index contributed by atoms with van der Waals surface area (Å²) in [6.45, 7) is 1.58. The van der Waals surface area contributed by atoms with E-state index in [9.17, 15) is 13.2 Å². The van der Waals surface area contributed by atoms with E-state index >= 15 is 0 Å². The highest BCUT2D eigenvalue weighted by Crippen LogP contribution is 2.22. The summed E-state index contributed by atoms with van der Waals surface area (Å²) in [5.41, 5.74) is 1.03. The van der Waals surface area contributed by atoms with Crippen molar-refractivity contribution in [2.45, 2.75) is 18.2 Å². The van der Waals surface area contributed by atoms with Gasteiger partial charge in [0.2, 0.25) is 15.9 Å². The van der Waals surface area contributed by atoms with Crippen LogP contribution in [0.1, 0.15) is 12.0 Å². The smallest absolute Gasteiger partial charge is 0.236 e. The molecular formula is C19H25N3O4S. The van der Waals surface area contributed by atoms with E-state index in [4.69, 9.17) is 9.88 Å². The number of likely N-dealkylation sites (tertiary alicyclic amines) is 1. The van der Waals surface area contributed by atoms with Gasteiger partial charge in [-0.1, -0.05) is 18.2 Å². The Morgan fingerprint density at radius 2 is 1.96 bits per heavy atom. The molecule has 2 N–H and O–H groups in total. The quantitative estimate of drug-likeness (QED) is 0.798. The third-order valence-electron chi connectivity index (χ3n) is 5.01. The number of hydrogen-bond donors (Lipinski definition) is 1. The molecular weight excluding hydrogens is 366 g/mol. The molecule has 1 amide bonds. The third kappa shape index (κ3) is 4.77. The minimum Gasteiger partial charge on any atom is -0.497 e. The number of hydrogen-bond acceptors (Lipinski definition) is 5. The molecule has 1 aliphatic heterocycles. The van der Waals surface area contributed by atoms with Crippen molar-refractivity contribution < 1.29 is 17.9 Å². The Morgan fingerprint density at radius 1 is 1.26 bits per heavy atom. The molecule has 0 bridgehead atoms. The van der Waals surface area contributed by atoms with E-state index < -0.39 is 15.3 Å². The molecule has 0 aromatic heterocycles. The third-order valence-corrected chi connectivity index (χ3v) is 6.32. The number of ether oxygens (including phenoxy) is 1. The summed E-state index contributed by atoms with van der Waals surface area (Å²) in [6.07, 6.45) is 0.476. The second-order valence-corrected chi connectivity index (χ2v) is 8.88. The number of rotatable bonds is 6. The van der Waals surface area contributed by atoms with Crippen molar-refractivity contribution in [1.29, 1.82) is 0 Å². The molecule has 0 spiro atoms. The Morgan fingerprint density at radius 3 is 2.63 bits per heavy atom. The van der Waals surface area contributed by atoms with Crippen LogP contribution >= 0.6 is 0 Å². The highest BCUT2D eigenvalue weighted by atomic mass is 32.2. The fourth-order valence-electron chi connectivity index (χ4n) is 3.38. The maximum Gasteiger partial charge on any atom is 0.236 e. The van der Waals surface area contributed by atoms with Crippen LogP contribution in [0.5, 0.6) is 5.75 Å². The first-order chi connectivity index (χ1) is 12.8. The first-order valence-corrected chi connectivity index (χ1v) is 10.4. The van der Waals surface area contributed by atoms with Gasteiger partial charge in [0.25, 0.3) is 0 Å². The lowest BCUT2D eigenvalue weighted by Gasteiger charge is -2.22. The predicted molar refractivity (Wildman–Crippen MR) is 105 cm³/mol. The van der Waals surface area contributed by atoms with E-state index in [0.717, 1.165) is 22.1 Å². The second kappa shape index (κ2) is 7.84. The Hall–Kier alpha value is -2.16. The van der Waals surface area contributed by atoms with Gasteiger partial charge in [-0.15, -0.1) is 0 Å². The Balaban J connectivity index is 1.60. The van der Waals surface area contributed by atoms with Gasteiger partial charge in [0.05, 0.1) is 18.9 Å². The van der Waals surface area contributed by atoms with Gasteiger partial charge in [-0.05, 0) is 41.0 Å². The minimum atomic E-state index is -3.54. The zero-order valence-electron chi connectivity index (χ0n) is 15.6. The number of carbonyl (C=O) groups excluding carboxylic acids is 1. The molecule has 0 radical (unpaired) electrons. The number of benzene rings is 2. The molecule has 7 nitrogen and oxygen atoms in total. The molecule has 3 rings (SSSR count). The Kier molecular flexibility index (Phi) is 5.69. The van der Waals surface area contributed by atoms with Crippen molar-refractivity contribution in [3.05, 3.63) is 42.0 Å². The summed E-state index contributed by atoms with van der Waals surface area (Å²) >= 11 is 0. The maximum atomic E-state index is 12.5. The molecule has 1 saturated heterocycles. The lowest BCUT2D eigenvalue weighted by Crippen LogP contribution is -2.38. The van der Waals surface area contributed by atoms with Crippen molar-refractivity contribution >= 4 is 26.7 Å². The lowest BCUT2D eigenvalue weighted by atomic mass is 10.1. The molecule has 1 heterocycles. The topological polar surface area (TPSA) is 92.9 Å². The van der Waals surface area contributed by atoms with Crippen molar-refractivity contribution in [3.8, 4) is 5.75 Å². The molecule has 0 aliphatic carbocycles. The number of amides is 1. The number of methoxy groups -OCH3 is 1. The summed E-state index contributed by atoms with van der Waals surface area (Å²) in [6, 6.07) is 12.0. The molecule has 27 heavy (non-hydrogen) atoms. The van der Waals surface area contributed by atoms with Crippen LogP contribution in [0.2, 0.25) is 0 Å². The Labute approximate surface area is 159 Å². The van der Waals surface area contributed by atoms with Gasteiger partial charge in [0.1, 0.15) is 5.75 Å². The second-order valence-electron chi connectivity index (χ2n) is 7.03. The summed E-state index contributed by atoms with van der Waals surface area (Å²) in [5, 5.41) is 6.80. The van der Waals surface area contributed by atoms with Gasteiger partial charge < -0.3 is 9.64 Å². The van der Waals surface area contributed by atoms with Gasteiger partial charge in [-0.2, -0.15) is 0 Å². The summed E-state index contributed by atoms with van der Waals surface area (Å²) in [7, 11) is -0.143. The van der Waals surface area contributed by atoms with Crippen LogP contribution in [-0.4, -0.2) is 63.2 Å². The van der Waals surface area contributed by atoms with Crippen LogP contribution in [0, 0.1) is 0 Å². The largest absolute Gasteiger partial charge is 0.497 e. The number of nitrogens with two attached hydrogens (primary N) is 1. The molecule has 0 saturated carbocycles. The highest BCUT2D eigenvalue weighted by Gasteiger charge is 2.31. The molecule has 1 atom stereocenters. The SMILES string of the molecule is COc1ccc2cc(CN(C)C(=O)CN3CC[C@H](S(N)(=O)=O)C3)ccc2c1. The molecule has 0 unspecified atom stereocenters. The van der Waals surface area contributed by atoms with Gasteiger partial charge >= 0.3 is 0 Å². The monoisotopic (exact) mass is 391 g/mol. The number of nitrogens with zero attached hydrogens (tertiary/aromatic N) is 2. The normalized spacial score (nSPS) is 18.0. The van der Waals surface area contributed by atoms with Gasteiger partial charge in [-0.25, -0.2) is 13.6 Å². The first kappa shape index (κ1) is 19.6.